The van der Waals surface area contributed by atoms with Crippen LogP contribution in [-0.2, 0) is 25.1 Å². The van der Waals surface area contributed by atoms with Gasteiger partial charge in [0.1, 0.15) is 12.4 Å². The van der Waals surface area contributed by atoms with Gasteiger partial charge in [0.2, 0.25) is 5.91 Å². The predicted octanol–water partition coefficient (Wildman–Crippen LogP) is 3.57. The minimum Gasteiger partial charge on any atom is -0.468 e. The molecule has 0 bridgehead atoms. The average molecular weight is 427 g/mol. The summed E-state index contributed by atoms with van der Waals surface area (Å²) in [6, 6.07) is 11.9. The van der Waals surface area contributed by atoms with Gasteiger partial charge < -0.3 is 10.1 Å². The van der Waals surface area contributed by atoms with E-state index in [1.165, 1.54) is 19.2 Å². The minimum atomic E-state index is -1.05. The Morgan fingerprint density at radius 3 is 2.47 bits per heavy atom. The maximum absolute atomic E-state index is 13.9. The molecule has 1 N–H and O–H groups in total. The average Bonchev–Trinajstić information content (AvgIpc) is 2.97. The van der Waals surface area contributed by atoms with Crippen molar-refractivity contribution in [3.63, 3.8) is 0 Å². The zero-order valence-corrected chi connectivity index (χ0v) is 17.8. The third-order valence-corrected chi connectivity index (χ3v) is 5.91. The molecule has 1 unspecified atom stereocenters. The van der Waals surface area contributed by atoms with Crippen molar-refractivity contribution in [2.24, 2.45) is 0 Å². The number of allylic oxidation sites excluding steroid dienone is 2. The highest BCUT2D eigenvalue weighted by Gasteiger charge is 2.26. The fourth-order valence-corrected chi connectivity index (χ4v) is 3.89. The lowest BCUT2D eigenvalue weighted by atomic mass is 10.0. The van der Waals surface area contributed by atoms with Crippen LogP contribution < -0.4 is 5.32 Å². The molecule has 1 aliphatic carbocycles. The molecule has 30 heavy (non-hydrogen) atoms. The van der Waals surface area contributed by atoms with Crippen LogP contribution in [0.3, 0.4) is 0 Å². The molecule has 1 aliphatic rings. The molecule has 1 atom stereocenters. The monoisotopic (exact) mass is 427 g/mol. The standard InChI is InChI=1S/C23H22FNO4S/c1-14-19(10-15-4-7-17(8-5-15)30(3)28)18-9-6-16(24)11-21(18)20(14)12-22(26)25-13-23(27)29-2/h4-11H,12-13H2,1-3H3,(H,25,26)/b19-10+. The fourth-order valence-electron chi connectivity index (χ4n) is 3.37. The lowest BCUT2D eigenvalue weighted by molar-refractivity contribution is -0.141. The molecule has 0 aliphatic heterocycles. The van der Waals surface area contributed by atoms with Crippen LogP contribution in [0.5, 0.6) is 0 Å². The molecule has 0 saturated carbocycles. The molecule has 1 amide bonds. The topological polar surface area (TPSA) is 72.5 Å². The third-order valence-electron chi connectivity index (χ3n) is 4.97. The van der Waals surface area contributed by atoms with Crippen molar-refractivity contribution in [2.75, 3.05) is 19.9 Å². The van der Waals surface area contributed by atoms with Gasteiger partial charge in [0.25, 0.3) is 0 Å². The summed E-state index contributed by atoms with van der Waals surface area (Å²) in [4.78, 5) is 24.3. The van der Waals surface area contributed by atoms with Crippen molar-refractivity contribution in [2.45, 2.75) is 18.2 Å². The number of ether oxygens (including phenoxy) is 1. The summed E-state index contributed by atoms with van der Waals surface area (Å²) in [5, 5.41) is 2.52. The van der Waals surface area contributed by atoms with Gasteiger partial charge >= 0.3 is 5.97 Å². The van der Waals surface area contributed by atoms with Crippen molar-refractivity contribution in [1.29, 1.82) is 0 Å². The van der Waals surface area contributed by atoms with Crippen LogP contribution in [0.15, 0.2) is 52.9 Å². The van der Waals surface area contributed by atoms with E-state index in [2.05, 4.69) is 10.1 Å². The number of hydrogen-bond acceptors (Lipinski definition) is 4. The quantitative estimate of drug-likeness (QED) is 0.716. The molecule has 0 fully saturated rings. The van der Waals surface area contributed by atoms with Crippen LogP contribution >= 0.6 is 0 Å². The number of esters is 1. The summed E-state index contributed by atoms with van der Waals surface area (Å²) in [6.45, 7) is 1.67. The van der Waals surface area contributed by atoms with Crippen molar-refractivity contribution in [1.82, 2.24) is 5.32 Å². The van der Waals surface area contributed by atoms with Gasteiger partial charge in [-0.05, 0) is 70.7 Å². The second-order valence-electron chi connectivity index (χ2n) is 6.90. The van der Waals surface area contributed by atoms with Gasteiger partial charge in [-0.2, -0.15) is 0 Å². The fraction of sp³-hybridized carbons (Fsp3) is 0.217. The van der Waals surface area contributed by atoms with Gasteiger partial charge in [-0.1, -0.05) is 18.2 Å². The number of hydrogen-bond donors (Lipinski definition) is 1. The largest absolute Gasteiger partial charge is 0.468 e. The van der Waals surface area contributed by atoms with Crippen molar-refractivity contribution in [3.05, 3.63) is 70.5 Å². The van der Waals surface area contributed by atoms with Crippen LogP contribution in [0, 0.1) is 5.82 Å². The van der Waals surface area contributed by atoms with Gasteiger partial charge in [-0.25, -0.2) is 4.39 Å². The number of fused-ring (bicyclic) bond motifs is 1. The second kappa shape index (κ2) is 9.17. The third kappa shape index (κ3) is 4.74. The molecule has 3 rings (SSSR count). The molecule has 0 saturated heterocycles. The summed E-state index contributed by atoms with van der Waals surface area (Å²) in [6.07, 6.45) is 3.61. The second-order valence-corrected chi connectivity index (χ2v) is 8.28. The Labute approximate surface area is 177 Å². The zero-order chi connectivity index (χ0) is 21.8. The van der Waals surface area contributed by atoms with Crippen LogP contribution in [0.25, 0.3) is 17.2 Å². The number of halogens is 1. The Morgan fingerprint density at radius 1 is 1.13 bits per heavy atom. The summed E-state index contributed by atoms with van der Waals surface area (Å²) < 4.78 is 30.1. The molecule has 7 heteroatoms. The molecular weight excluding hydrogens is 405 g/mol. The summed E-state index contributed by atoms with van der Waals surface area (Å²) >= 11 is 0. The van der Waals surface area contributed by atoms with E-state index in [4.69, 9.17) is 0 Å². The van der Waals surface area contributed by atoms with Crippen LogP contribution in [0.1, 0.15) is 30.0 Å². The van der Waals surface area contributed by atoms with E-state index in [0.29, 0.717) is 11.1 Å². The van der Waals surface area contributed by atoms with Crippen LogP contribution in [-0.4, -0.2) is 36.0 Å². The van der Waals surface area contributed by atoms with Crippen molar-refractivity contribution >= 4 is 39.9 Å². The van der Waals surface area contributed by atoms with E-state index in [1.54, 1.807) is 12.3 Å². The van der Waals surface area contributed by atoms with Gasteiger partial charge in [0.15, 0.2) is 0 Å². The number of rotatable bonds is 6. The Bertz CT molecular complexity index is 1090. The number of methoxy groups -OCH3 is 1. The highest BCUT2D eigenvalue weighted by molar-refractivity contribution is 7.84. The first-order valence-corrected chi connectivity index (χ1v) is 10.8. The molecule has 2 aromatic carbocycles. The first kappa shape index (κ1) is 21.6. The normalized spacial score (nSPS) is 15.1. The number of carbonyl (C=O) groups is 2. The lowest BCUT2D eigenvalue weighted by Crippen LogP contribution is -2.30. The maximum atomic E-state index is 13.9. The van der Waals surface area contributed by atoms with Crippen molar-refractivity contribution in [3.8, 4) is 0 Å². The summed E-state index contributed by atoms with van der Waals surface area (Å²) in [5.41, 5.74) is 4.89. The molecule has 5 nitrogen and oxygen atoms in total. The molecule has 156 valence electrons. The predicted molar refractivity (Wildman–Crippen MR) is 115 cm³/mol. The molecular formula is C23H22FNO4S. The smallest absolute Gasteiger partial charge is 0.325 e. The van der Waals surface area contributed by atoms with Crippen molar-refractivity contribution < 1.29 is 22.9 Å². The number of amides is 1. The summed E-state index contributed by atoms with van der Waals surface area (Å²) in [7, 11) is 0.194. The zero-order valence-electron chi connectivity index (χ0n) is 17.0. The molecule has 0 aromatic heterocycles. The van der Waals surface area contributed by atoms with Gasteiger partial charge in [-0.3, -0.25) is 13.8 Å². The van der Waals surface area contributed by atoms with Gasteiger partial charge in [-0.15, -0.1) is 0 Å². The Hall–Kier alpha value is -3.06. The van der Waals surface area contributed by atoms with E-state index >= 15 is 0 Å². The van der Waals surface area contributed by atoms with Gasteiger partial charge in [0.05, 0.1) is 13.5 Å². The van der Waals surface area contributed by atoms with E-state index < -0.39 is 16.8 Å². The van der Waals surface area contributed by atoms with Crippen LogP contribution in [0.4, 0.5) is 4.39 Å². The summed E-state index contributed by atoms with van der Waals surface area (Å²) in [5.74, 6) is -1.27. The van der Waals surface area contributed by atoms with E-state index in [9.17, 15) is 18.2 Å². The van der Waals surface area contributed by atoms with E-state index in [1.807, 2.05) is 37.3 Å². The van der Waals surface area contributed by atoms with E-state index in [0.717, 1.165) is 27.2 Å². The molecule has 0 heterocycles. The van der Waals surface area contributed by atoms with E-state index in [-0.39, 0.29) is 24.7 Å². The Morgan fingerprint density at radius 2 is 1.83 bits per heavy atom. The van der Waals surface area contributed by atoms with Crippen LogP contribution in [0.2, 0.25) is 0 Å². The highest BCUT2D eigenvalue weighted by Crippen LogP contribution is 2.43. The first-order chi connectivity index (χ1) is 14.3. The van der Waals surface area contributed by atoms with Gasteiger partial charge in [0, 0.05) is 22.0 Å². The Balaban J connectivity index is 1.95. The number of carbonyl (C=O) groups excluding carboxylic acids is 2. The minimum absolute atomic E-state index is 0.0182. The maximum Gasteiger partial charge on any atom is 0.325 e. The number of benzene rings is 2. The molecule has 0 spiro atoms. The SMILES string of the molecule is COC(=O)CNC(=O)CC1=C(C)/C(=C\c2ccc(S(C)=O)cc2)c2ccc(F)cc21. The Kier molecular flexibility index (Phi) is 6.62. The number of nitrogens with one attached hydrogen (secondary N) is 1. The molecule has 0 radical (unpaired) electrons. The lowest BCUT2D eigenvalue weighted by Gasteiger charge is -2.07. The first-order valence-electron chi connectivity index (χ1n) is 9.29. The molecule has 2 aromatic rings. The highest BCUT2D eigenvalue weighted by atomic mass is 32.2.